The van der Waals surface area contributed by atoms with Crippen LogP contribution in [0.1, 0.15) is 31.8 Å². The van der Waals surface area contributed by atoms with Gasteiger partial charge in [0.2, 0.25) is 0 Å². The maximum Gasteiger partial charge on any atom is 0.323 e. The molecule has 4 amide bonds. The molecule has 54 heavy (non-hydrogen) atoms. The van der Waals surface area contributed by atoms with Crippen molar-refractivity contribution in [1.82, 2.24) is 0 Å². The predicted octanol–water partition coefficient (Wildman–Crippen LogP) is 6.66. The average Bonchev–Trinajstić information content (AvgIpc) is 3.11. The van der Waals surface area contributed by atoms with Gasteiger partial charge in [-0.3, -0.25) is 18.7 Å². The van der Waals surface area contributed by atoms with Crippen LogP contribution in [0.3, 0.4) is 0 Å². The quantitative estimate of drug-likeness (QED) is 0.0600. The van der Waals surface area contributed by atoms with Crippen LogP contribution in [0.25, 0.3) is 21.5 Å². The summed E-state index contributed by atoms with van der Waals surface area (Å²) in [5.74, 6) is -2.60. The predicted molar refractivity (Wildman–Crippen MR) is 202 cm³/mol. The molecule has 0 saturated carbocycles. The number of anilines is 4. The molecule has 8 N–H and O–H groups in total. The van der Waals surface area contributed by atoms with Gasteiger partial charge in [-0.25, -0.2) is 4.79 Å². The number of nitrogens with one attached hydrogen (secondary N) is 4. The highest BCUT2D eigenvalue weighted by atomic mass is 32.2. The molecule has 0 radical (unpaired) electrons. The monoisotopic (exact) mass is 770 g/mol. The molecule has 0 heterocycles. The first-order valence-corrected chi connectivity index (χ1v) is 18.7. The number of carbonyl (C=O) groups excluding carboxylic acids is 3. The van der Waals surface area contributed by atoms with Gasteiger partial charge in [0, 0.05) is 56.2 Å². The zero-order valence-electron chi connectivity index (χ0n) is 28.2. The number of aromatic hydroxyl groups is 2. The van der Waals surface area contributed by atoms with Crippen molar-refractivity contribution in [2.75, 3.05) is 21.3 Å². The zero-order chi connectivity index (χ0) is 39.1. The Morgan fingerprint density at radius 2 is 0.852 bits per heavy atom. The number of hydrogen-bond acceptors (Lipinski definition) is 9. The van der Waals surface area contributed by atoms with Crippen molar-refractivity contribution in [2.45, 2.75) is 23.6 Å². The van der Waals surface area contributed by atoms with E-state index in [2.05, 4.69) is 21.3 Å². The second-order valence-electron chi connectivity index (χ2n) is 12.1. The number of aryl methyl sites for hydroxylation is 2. The molecule has 6 aromatic carbocycles. The number of urea groups is 1. The SMILES string of the molecule is Cc1ccc(NC(=O)Nc2ccc(C)c(C(=O)Nc3c(O)cc(S(=O)(=O)O)c4ccccc34)c2)cc1C(=O)Nc1c(O)cc(S(=O)(=O)O)c2ccccc12. The van der Waals surface area contributed by atoms with Crippen LogP contribution in [0.4, 0.5) is 27.5 Å². The van der Waals surface area contributed by atoms with Crippen LogP contribution >= 0.6 is 0 Å². The molecule has 0 bridgehead atoms. The molecule has 0 aliphatic rings. The summed E-state index contributed by atoms with van der Waals surface area (Å²) in [6.45, 7) is 3.28. The number of hydrogen-bond donors (Lipinski definition) is 8. The Bertz CT molecular complexity index is 2600. The van der Waals surface area contributed by atoms with Crippen molar-refractivity contribution in [3.63, 3.8) is 0 Å². The molecule has 17 heteroatoms. The molecule has 6 aromatic rings. The number of rotatable bonds is 8. The Hall–Kier alpha value is -6.53. The fourth-order valence-corrected chi connectivity index (χ4v) is 7.32. The van der Waals surface area contributed by atoms with E-state index in [4.69, 9.17) is 0 Å². The maximum absolute atomic E-state index is 13.5. The van der Waals surface area contributed by atoms with E-state index in [1.54, 1.807) is 38.1 Å². The third kappa shape index (κ3) is 7.50. The van der Waals surface area contributed by atoms with Crippen molar-refractivity contribution in [1.29, 1.82) is 0 Å². The first-order valence-electron chi connectivity index (χ1n) is 15.8. The third-order valence-corrected chi connectivity index (χ3v) is 10.3. The topological polar surface area (TPSA) is 249 Å². The van der Waals surface area contributed by atoms with Crippen LogP contribution in [-0.2, 0) is 20.2 Å². The minimum absolute atomic E-state index is 0.0645. The average molecular weight is 771 g/mol. The fraction of sp³-hybridized carbons (Fsp3) is 0.0541. The van der Waals surface area contributed by atoms with Crippen LogP contribution < -0.4 is 21.3 Å². The Kier molecular flexibility index (Phi) is 9.74. The Morgan fingerprint density at radius 1 is 0.500 bits per heavy atom. The molecule has 0 spiro atoms. The Labute approximate surface area is 307 Å². The van der Waals surface area contributed by atoms with Gasteiger partial charge in [0.1, 0.15) is 21.3 Å². The Morgan fingerprint density at radius 3 is 1.20 bits per heavy atom. The molecule has 276 valence electrons. The van der Waals surface area contributed by atoms with Crippen LogP contribution in [0, 0.1) is 13.8 Å². The summed E-state index contributed by atoms with van der Waals surface area (Å²) < 4.78 is 67.0. The van der Waals surface area contributed by atoms with E-state index in [1.807, 2.05) is 0 Å². The van der Waals surface area contributed by atoms with Crippen molar-refractivity contribution >= 4 is 82.4 Å². The van der Waals surface area contributed by atoms with E-state index in [-0.39, 0.29) is 55.4 Å². The summed E-state index contributed by atoms with van der Waals surface area (Å²) in [5, 5.41) is 32.1. The van der Waals surface area contributed by atoms with Crippen molar-refractivity contribution < 1.29 is 50.5 Å². The van der Waals surface area contributed by atoms with Crippen LogP contribution in [0.15, 0.2) is 107 Å². The lowest BCUT2D eigenvalue weighted by molar-refractivity contribution is 0.101. The summed E-state index contributed by atoms with van der Waals surface area (Å²) in [6, 6.07) is 21.8. The van der Waals surface area contributed by atoms with Crippen LogP contribution in [0.2, 0.25) is 0 Å². The molecular weight excluding hydrogens is 741 g/mol. The number of phenolic OH excluding ortho intramolecular Hbond substituents is 2. The molecule has 0 atom stereocenters. The van der Waals surface area contributed by atoms with Gasteiger partial charge in [-0.05, 0) is 49.2 Å². The maximum atomic E-state index is 13.5. The number of amides is 4. The van der Waals surface area contributed by atoms with E-state index < -0.39 is 59.4 Å². The lowest BCUT2D eigenvalue weighted by Gasteiger charge is -2.16. The second kappa shape index (κ2) is 14.1. The van der Waals surface area contributed by atoms with E-state index in [0.717, 1.165) is 12.1 Å². The first kappa shape index (κ1) is 37.2. The second-order valence-corrected chi connectivity index (χ2v) is 14.9. The summed E-state index contributed by atoms with van der Waals surface area (Å²) >= 11 is 0. The van der Waals surface area contributed by atoms with Gasteiger partial charge in [0.05, 0.1) is 11.4 Å². The van der Waals surface area contributed by atoms with E-state index in [1.165, 1.54) is 60.7 Å². The highest BCUT2D eigenvalue weighted by molar-refractivity contribution is 7.86. The number of phenols is 2. The zero-order valence-corrected chi connectivity index (χ0v) is 29.8. The largest absolute Gasteiger partial charge is 0.506 e. The molecule has 0 aliphatic heterocycles. The lowest BCUT2D eigenvalue weighted by atomic mass is 10.0. The van der Waals surface area contributed by atoms with E-state index >= 15 is 0 Å². The highest BCUT2D eigenvalue weighted by Crippen LogP contribution is 2.39. The van der Waals surface area contributed by atoms with Gasteiger partial charge in [-0.1, -0.05) is 60.7 Å². The molecule has 0 aliphatic carbocycles. The minimum atomic E-state index is -4.70. The summed E-state index contributed by atoms with van der Waals surface area (Å²) in [5.41, 5.74) is 1.39. The number of fused-ring (bicyclic) bond motifs is 2. The van der Waals surface area contributed by atoms with Gasteiger partial charge in [0.25, 0.3) is 32.1 Å². The fourth-order valence-electron chi connectivity index (χ4n) is 5.89. The first-order chi connectivity index (χ1) is 25.4. The van der Waals surface area contributed by atoms with Crippen molar-refractivity contribution in [2.24, 2.45) is 0 Å². The molecule has 15 nitrogen and oxygen atoms in total. The van der Waals surface area contributed by atoms with Gasteiger partial charge in [-0.15, -0.1) is 0 Å². The van der Waals surface area contributed by atoms with Gasteiger partial charge >= 0.3 is 6.03 Å². The molecule has 0 unspecified atom stereocenters. The molecule has 6 rings (SSSR count). The number of carbonyl (C=O) groups is 3. The highest BCUT2D eigenvalue weighted by Gasteiger charge is 2.23. The van der Waals surface area contributed by atoms with Crippen molar-refractivity contribution in [3.05, 3.63) is 119 Å². The summed E-state index contributed by atoms with van der Waals surface area (Å²) in [7, 11) is -9.41. The van der Waals surface area contributed by atoms with Crippen molar-refractivity contribution in [3.8, 4) is 11.5 Å². The van der Waals surface area contributed by atoms with Gasteiger partial charge < -0.3 is 31.5 Å². The standard InChI is InChI=1S/C37H30N4O11S2/c1-19-11-13-21(15-27(19)35(44)40-33-25-9-5-3-7-23(25)31(17-29(33)42)53(47,48)49)38-37(46)39-22-14-12-20(2)28(16-22)36(45)41-34-26-10-6-4-8-24(26)32(18-30(34)43)54(50,51)52/h3-18,42-43H,1-2H3,(H,40,44)(H,41,45)(H2,38,39,46)(H,47,48,49)(H,50,51,52). The van der Waals surface area contributed by atoms with E-state index in [0.29, 0.717) is 11.1 Å². The van der Waals surface area contributed by atoms with Crippen LogP contribution in [-0.4, -0.2) is 54.0 Å². The normalized spacial score (nSPS) is 11.6. The van der Waals surface area contributed by atoms with Gasteiger partial charge in [0.15, 0.2) is 0 Å². The molecule has 0 aromatic heterocycles. The smallest absolute Gasteiger partial charge is 0.323 e. The molecular formula is C37H30N4O11S2. The molecule has 0 saturated heterocycles. The number of benzene rings is 6. The van der Waals surface area contributed by atoms with E-state index in [9.17, 15) is 50.5 Å². The minimum Gasteiger partial charge on any atom is -0.506 e. The lowest BCUT2D eigenvalue weighted by Crippen LogP contribution is -2.21. The third-order valence-electron chi connectivity index (χ3n) is 8.48. The van der Waals surface area contributed by atoms with Crippen LogP contribution in [0.5, 0.6) is 11.5 Å². The summed E-state index contributed by atoms with van der Waals surface area (Å²) in [4.78, 5) is 38.9. The van der Waals surface area contributed by atoms with Gasteiger partial charge in [-0.2, -0.15) is 16.8 Å². The Balaban J connectivity index is 1.20. The summed E-state index contributed by atoms with van der Waals surface area (Å²) in [6.07, 6.45) is 0. The molecule has 0 fully saturated rings.